The monoisotopic (exact) mass is 312 g/mol. The first kappa shape index (κ1) is 16.1. The molecule has 23 heavy (non-hydrogen) atoms. The maximum absolute atomic E-state index is 4.72. The van der Waals surface area contributed by atoms with Gasteiger partial charge in [0.2, 0.25) is 0 Å². The van der Waals surface area contributed by atoms with Crippen LogP contribution in [-0.4, -0.2) is 68.5 Å². The Balaban J connectivity index is 1.69. The van der Waals surface area contributed by atoms with Gasteiger partial charge in [-0.1, -0.05) is 11.6 Å². The van der Waals surface area contributed by atoms with Crippen LogP contribution in [0.2, 0.25) is 0 Å². The second-order valence-corrected chi connectivity index (χ2v) is 6.60. The van der Waals surface area contributed by atoms with Crippen LogP contribution in [0.5, 0.6) is 0 Å². The SMILES string of the molecule is C/C=C(\C)CN1CCN=C1c1ccc(N2CCN(C)CC2)cc1. The zero-order valence-electron chi connectivity index (χ0n) is 14.6. The van der Waals surface area contributed by atoms with Gasteiger partial charge in [-0.15, -0.1) is 0 Å². The molecule has 124 valence electrons. The lowest BCUT2D eigenvalue weighted by atomic mass is 10.1. The standard InChI is InChI=1S/C19H28N4/c1-4-16(2)15-23-10-9-20-19(23)17-5-7-18(8-6-17)22-13-11-21(3)12-14-22/h4-8H,9-15H2,1-3H3/b16-4+. The predicted molar refractivity (Wildman–Crippen MR) is 98.6 cm³/mol. The first-order chi connectivity index (χ1) is 11.2. The second-order valence-electron chi connectivity index (χ2n) is 6.60. The number of piperazine rings is 1. The average Bonchev–Trinajstić information content (AvgIpc) is 3.03. The van der Waals surface area contributed by atoms with E-state index in [1.165, 1.54) is 16.8 Å². The van der Waals surface area contributed by atoms with Crippen molar-refractivity contribution in [1.29, 1.82) is 0 Å². The number of likely N-dealkylation sites (N-methyl/N-ethyl adjacent to an activating group) is 1. The van der Waals surface area contributed by atoms with E-state index in [-0.39, 0.29) is 0 Å². The molecule has 2 heterocycles. The molecular formula is C19H28N4. The van der Waals surface area contributed by atoms with Crippen LogP contribution in [-0.2, 0) is 0 Å². The summed E-state index contributed by atoms with van der Waals surface area (Å²) in [5.41, 5.74) is 3.97. The van der Waals surface area contributed by atoms with E-state index in [0.717, 1.165) is 51.6 Å². The number of aliphatic imine (C=N–C) groups is 1. The van der Waals surface area contributed by atoms with E-state index in [0.29, 0.717) is 0 Å². The van der Waals surface area contributed by atoms with Gasteiger partial charge in [-0.2, -0.15) is 0 Å². The molecule has 0 aromatic heterocycles. The van der Waals surface area contributed by atoms with Gasteiger partial charge >= 0.3 is 0 Å². The summed E-state index contributed by atoms with van der Waals surface area (Å²) in [7, 11) is 2.19. The van der Waals surface area contributed by atoms with E-state index in [9.17, 15) is 0 Å². The highest BCUT2D eigenvalue weighted by atomic mass is 15.3. The minimum atomic E-state index is 0.909. The molecule has 2 aliphatic rings. The summed E-state index contributed by atoms with van der Waals surface area (Å²) in [6.45, 7) is 11.7. The molecule has 0 N–H and O–H groups in total. The Morgan fingerprint density at radius 3 is 2.43 bits per heavy atom. The summed E-state index contributed by atoms with van der Waals surface area (Å²) in [4.78, 5) is 12.0. The molecule has 0 amide bonds. The van der Waals surface area contributed by atoms with E-state index in [1.54, 1.807) is 0 Å². The Hall–Kier alpha value is -1.81. The quantitative estimate of drug-likeness (QED) is 0.798. The highest BCUT2D eigenvalue weighted by Crippen LogP contribution is 2.20. The molecule has 2 aliphatic heterocycles. The van der Waals surface area contributed by atoms with Gasteiger partial charge in [0.05, 0.1) is 6.54 Å². The van der Waals surface area contributed by atoms with Crippen molar-refractivity contribution in [3.63, 3.8) is 0 Å². The minimum absolute atomic E-state index is 0.909. The van der Waals surface area contributed by atoms with Gasteiger partial charge in [-0.25, -0.2) is 0 Å². The van der Waals surface area contributed by atoms with Gasteiger partial charge in [0.15, 0.2) is 0 Å². The van der Waals surface area contributed by atoms with Crippen LogP contribution in [0.1, 0.15) is 19.4 Å². The number of benzene rings is 1. The van der Waals surface area contributed by atoms with Crippen LogP contribution in [0.25, 0.3) is 0 Å². The number of hydrogen-bond donors (Lipinski definition) is 0. The van der Waals surface area contributed by atoms with Crippen molar-refractivity contribution in [1.82, 2.24) is 9.80 Å². The Labute approximate surface area is 140 Å². The molecule has 4 heteroatoms. The van der Waals surface area contributed by atoms with Crippen LogP contribution in [0.4, 0.5) is 5.69 Å². The van der Waals surface area contributed by atoms with Crippen molar-refractivity contribution in [2.75, 3.05) is 57.8 Å². The minimum Gasteiger partial charge on any atom is -0.369 e. The Morgan fingerprint density at radius 2 is 1.78 bits per heavy atom. The van der Waals surface area contributed by atoms with Crippen molar-refractivity contribution in [3.05, 3.63) is 41.5 Å². The third-order valence-electron chi connectivity index (χ3n) is 4.86. The lowest BCUT2D eigenvalue weighted by Gasteiger charge is -2.34. The van der Waals surface area contributed by atoms with Crippen LogP contribution in [0.15, 0.2) is 40.9 Å². The number of hydrogen-bond acceptors (Lipinski definition) is 4. The Bertz CT molecular complexity index is 580. The van der Waals surface area contributed by atoms with Crippen LogP contribution in [0, 0.1) is 0 Å². The Morgan fingerprint density at radius 1 is 1.09 bits per heavy atom. The van der Waals surface area contributed by atoms with Crippen molar-refractivity contribution in [3.8, 4) is 0 Å². The molecular weight excluding hydrogens is 284 g/mol. The number of nitrogens with zero attached hydrogens (tertiary/aromatic N) is 4. The van der Waals surface area contributed by atoms with Crippen molar-refractivity contribution >= 4 is 11.5 Å². The normalized spacial score (nSPS) is 20.1. The average molecular weight is 312 g/mol. The molecule has 3 rings (SSSR count). The molecule has 0 saturated carbocycles. The van der Waals surface area contributed by atoms with Gasteiger partial charge in [-0.3, -0.25) is 4.99 Å². The zero-order valence-corrected chi connectivity index (χ0v) is 14.6. The molecule has 0 bridgehead atoms. The van der Waals surface area contributed by atoms with E-state index in [4.69, 9.17) is 4.99 Å². The fourth-order valence-electron chi connectivity index (χ4n) is 3.19. The third kappa shape index (κ3) is 3.75. The molecule has 0 radical (unpaired) electrons. The maximum Gasteiger partial charge on any atom is 0.131 e. The molecule has 1 saturated heterocycles. The number of anilines is 1. The van der Waals surface area contributed by atoms with E-state index in [1.807, 2.05) is 0 Å². The number of amidine groups is 1. The highest BCUT2D eigenvalue weighted by molar-refractivity contribution is 6.00. The van der Waals surface area contributed by atoms with Crippen molar-refractivity contribution in [2.24, 2.45) is 4.99 Å². The molecule has 0 atom stereocenters. The number of rotatable bonds is 4. The summed E-state index contributed by atoms with van der Waals surface area (Å²) in [6, 6.07) is 8.97. The summed E-state index contributed by atoms with van der Waals surface area (Å²) in [5, 5.41) is 0. The van der Waals surface area contributed by atoms with Crippen molar-refractivity contribution < 1.29 is 0 Å². The molecule has 4 nitrogen and oxygen atoms in total. The predicted octanol–water partition coefficient (Wildman–Crippen LogP) is 2.47. The summed E-state index contributed by atoms with van der Waals surface area (Å²) < 4.78 is 0. The molecule has 0 spiro atoms. The van der Waals surface area contributed by atoms with Gasteiger partial charge < -0.3 is 14.7 Å². The van der Waals surface area contributed by atoms with E-state index < -0.39 is 0 Å². The largest absolute Gasteiger partial charge is 0.369 e. The lowest BCUT2D eigenvalue weighted by Crippen LogP contribution is -2.44. The summed E-state index contributed by atoms with van der Waals surface area (Å²) >= 11 is 0. The highest BCUT2D eigenvalue weighted by Gasteiger charge is 2.19. The van der Waals surface area contributed by atoms with Crippen LogP contribution in [0.3, 0.4) is 0 Å². The molecule has 1 aromatic carbocycles. The topological polar surface area (TPSA) is 22.1 Å². The summed E-state index contributed by atoms with van der Waals surface area (Å²) in [5.74, 6) is 1.15. The fourth-order valence-corrected chi connectivity index (χ4v) is 3.19. The first-order valence-corrected chi connectivity index (χ1v) is 8.62. The summed E-state index contributed by atoms with van der Waals surface area (Å²) in [6.07, 6.45) is 2.19. The van der Waals surface area contributed by atoms with E-state index in [2.05, 4.69) is 65.9 Å². The molecule has 0 aliphatic carbocycles. The third-order valence-corrected chi connectivity index (χ3v) is 4.86. The maximum atomic E-state index is 4.72. The van der Waals surface area contributed by atoms with Crippen LogP contribution >= 0.6 is 0 Å². The van der Waals surface area contributed by atoms with Gasteiger partial charge in [0, 0.05) is 50.5 Å². The van der Waals surface area contributed by atoms with Gasteiger partial charge in [0.1, 0.15) is 5.84 Å². The van der Waals surface area contributed by atoms with Crippen LogP contribution < -0.4 is 4.90 Å². The zero-order chi connectivity index (χ0) is 16.2. The van der Waals surface area contributed by atoms with Gasteiger partial charge in [0.25, 0.3) is 0 Å². The lowest BCUT2D eigenvalue weighted by molar-refractivity contribution is 0.313. The van der Waals surface area contributed by atoms with Crippen molar-refractivity contribution in [2.45, 2.75) is 13.8 Å². The number of allylic oxidation sites excluding steroid dienone is 1. The molecule has 0 unspecified atom stereocenters. The first-order valence-electron chi connectivity index (χ1n) is 8.62. The Kier molecular flexibility index (Phi) is 5.01. The van der Waals surface area contributed by atoms with Gasteiger partial charge in [-0.05, 0) is 45.2 Å². The molecule has 1 aromatic rings. The van der Waals surface area contributed by atoms with E-state index >= 15 is 0 Å². The smallest absolute Gasteiger partial charge is 0.131 e. The fraction of sp³-hybridized carbons (Fsp3) is 0.526. The second kappa shape index (κ2) is 7.18. The molecule has 1 fully saturated rings.